The first kappa shape index (κ1) is 13.9. The fourth-order valence-electron chi connectivity index (χ4n) is 4.23. The van der Waals surface area contributed by atoms with Gasteiger partial charge in [-0.3, -0.25) is 0 Å². The average molecular weight is 268 g/mol. The molecule has 0 N–H and O–H groups in total. The Balaban J connectivity index is 1.47. The van der Waals surface area contributed by atoms with Crippen molar-refractivity contribution >= 4 is 6.08 Å². The second-order valence-electron chi connectivity index (χ2n) is 6.84. The highest BCUT2D eigenvalue weighted by Crippen LogP contribution is 2.40. The molecule has 0 bridgehead atoms. The van der Waals surface area contributed by atoms with Gasteiger partial charge in [0.25, 0.3) is 0 Å². The molecule has 1 aromatic carbocycles. The Morgan fingerprint density at radius 2 is 1.35 bits per heavy atom. The molecule has 0 nitrogen and oxygen atoms in total. The lowest BCUT2D eigenvalue weighted by Crippen LogP contribution is -2.23. The van der Waals surface area contributed by atoms with E-state index < -0.39 is 0 Å². The highest BCUT2D eigenvalue weighted by molar-refractivity contribution is 5.48. The molecule has 0 aliphatic heterocycles. The Morgan fingerprint density at radius 3 is 2.05 bits per heavy atom. The smallest absolute Gasteiger partial charge is 0.0230 e. The van der Waals surface area contributed by atoms with Crippen molar-refractivity contribution in [3.05, 3.63) is 42.0 Å². The van der Waals surface area contributed by atoms with Gasteiger partial charge in [0.2, 0.25) is 0 Å². The van der Waals surface area contributed by atoms with Crippen LogP contribution in [0.3, 0.4) is 0 Å². The molecule has 2 fully saturated rings. The largest absolute Gasteiger partial charge is 0.0808 e. The summed E-state index contributed by atoms with van der Waals surface area (Å²) in [5.74, 6) is 2.95. The Labute approximate surface area is 124 Å². The lowest BCUT2D eigenvalue weighted by molar-refractivity contribution is 0.180. The van der Waals surface area contributed by atoms with Crippen LogP contribution in [0.25, 0.3) is 6.08 Å². The van der Waals surface area contributed by atoms with Crippen molar-refractivity contribution in [1.82, 2.24) is 0 Å². The predicted octanol–water partition coefficient (Wildman–Crippen LogP) is 6.09. The molecule has 0 spiro atoms. The number of hydrogen-bond acceptors (Lipinski definition) is 0. The van der Waals surface area contributed by atoms with Gasteiger partial charge in [-0.25, -0.2) is 0 Å². The molecule has 108 valence electrons. The molecule has 3 rings (SSSR count). The molecule has 2 aliphatic carbocycles. The van der Waals surface area contributed by atoms with Gasteiger partial charge in [0.05, 0.1) is 0 Å². The quantitative estimate of drug-likeness (QED) is 0.622. The summed E-state index contributed by atoms with van der Waals surface area (Å²) in [7, 11) is 0. The normalized spacial score (nSPS) is 28.8. The van der Waals surface area contributed by atoms with Crippen LogP contribution in [0.5, 0.6) is 0 Å². The van der Waals surface area contributed by atoms with Crippen LogP contribution in [0.4, 0.5) is 0 Å². The Morgan fingerprint density at radius 1 is 0.700 bits per heavy atom. The van der Waals surface area contributed by atoms with Crippen molar-refractivity contribution in [3.63, 3.8) is 0 Å². The summed E-state index contributed by atoms with van der Waals surface area (Å²) >= 11 is 0. The molecule has 2 saturated carbocycles. The van der Waals surface area contributed by atoms with Gasteiger partial charge in [-0.05, 0) is 49.0 Å². The summed E-state index contributed by atoms with van der Waals surface area (Å²) in [5.41, 5.74) is 1.35. The van der Waals surface area contributed by atoms with Crippen molar-refractivity contribution in [2.45, 2.75) is 57.8 Å². The van der Waals surface area contributed by atoms with Crippen LogP contribution in [0, 0.1) is 17.8 Å². The van der Waals surface area contributed by atoms with Gasteiger partial charge < -0.3 is 0 Å². The van der Waals surface area contributed by atoms with Crippen LogP contribution in [-0.2, 0) is 0 Å². The van der Waals surface area contributed by atoms with Crippen molar-refractivity contribution in [3.8, 4) is 0 Å². The minimum Gasteiger partial charge on any atom is -0.0808 e. The molecule has 2 aliphatic rings. The van der Waals surface area contributed by atoms with Gasteiger partial charge >= 0.3 is 0 Å². The highest BCUT2D eigenvalue weighted by Gasteiger charge is 2.27. The zero-order chi connectivity index (χ0) is 13.6. The summed E-state index contributed by atoms with van der Waals surface area (Å²) in [4.78, 5) is 0. The fourth-order valence-corrected chi connectivity index (χ4v) is 4.23. The third-order valence-electron chi connectivity index (χ3n) is 5.49. The van der Waals surface area contributed by atoms with Crippen LogP contribution in [-0.4, -0.2) is 0 Å². The molecule has 0 heteroatoms. The monoisotopic (exact) mass is 268 g/mol. The van der Waals surface area contributed by atoms with E-state index in [9.17, 15) is 0 Å². The predicted molar refractivity (Wildman–Crippen MR) is 87.5 cm³/mol. The maximum atomic E-state index is 2.46. The van der Waals surface area contributed by atoms with E-state index in [4.69, 9.17) is 0 Å². The molecule has 0 atom stereocenters. The van der Waals surface area contributed by atoms with Crippen LogP contribution in [0.1, 0.15) is 63.4 Å². The maximum absolute atomic E-state index is 2.46. The van der Waals surface area contributed by atoms with Crippen LogP contribution in [0.2, 0.25) is 0 Å². The molecule has 0 aromatic heterocycles. The molecule has 0 radical (unpaired) electrons. The van der Waals surface area contributed by atoms with Gasteiger partial charge in [0.15, 0.2) is 0 Å². The van der Waals surface area contributed by atoms with E-state index in [0.717, 1.165) is 17.8 Å². The van der Waals surface area contributed by atoms with E-state index in [1.54, 1.807) is 0 Å². The average Bonchev–Trinajstić information content (AvgIpc) is 2.55. The standard InChI is InChI=1S/C20H28/c1-3-7-17(8-4-1)11-12-18-13-15-20(16-14-18)19-9-5-2-6-10-19/h1,3-4,7-8,11-12,18-20H,2,5-6,9-10,13-16H2. The van der Waals surface area contributed by atoms with Crippen molar-refractivity contribution < 1.29 is 0 Å². The maximum Gasteiger partial charge on any atom is -0.0230 e. The molecule has 0 amide bonds. The summed E-state index contributed by atoms with van der Waals surface area (Å²) in [6.07, 6.45) is 18.1. The van der Waals surface area contributed by atoms with E-state index in [0.29, 0.717) is 0 Å². The lowest BCUT2D eigenvalue weighted by Gasteiger charge is -2.35. The summed E-state index contributed by atoms with van der Waals surface area (Å²) in [5, 5.41) is 0. The highest BCUT2D eigenvalue weighted by atomic mass is 14.3. The molecular formula is C20H28. The van der Waals surface area contributed by atoms with E-state index >= 15 is 0 Å². The van der Waals surface area contributed by atoms with Crippen molar-refractivity contribution in [2.24, 2.45) is 17.8 Å². The zero-order valence-corrected chi connectivity index (χ0v) is 12.6. The number of rotatable bonds is 3. The third kappa shape index (κ3) is 3.75. The summed E-state index contributed by atoms with van der Waals surface area (Å²) < 4.78 is 0. The zero-order valence-electron chi connectivity index (χ0n) is 12.6. The SMILES string of the molecule is C(=CC1CCC(C2CCCCC2)CC1)c1ccccc1. The fraction of sp³-hybridized carbons (Fsp3) is 0.600. The minimum absolute atomic E-state index is 0.829. The number of allylic oxidation sites excluding steroid dienone is 1. The van der Waals surface area contributed by atoms with Gasteiger partial charge in [-0.1, -0.05) is 74.6 Å². The molecule has 1 aromatic rings. The summed E-state index contributed by atoms with van der Waals surface area (Å²) in [6.45, 7) is 0. The molecule has 0 heterocycles. The number of hydrogen-bond donors (Lipinski definition) is 0. The van der Waals surface area contributed by atoms with E-state index in [-0.39, 0.29) is 0 Å². The van der Waals surface area contributed by atoms with E-state index in [1.807, 2.05) is 0 Å². The Bertz CT molecular complexity index is 403. The van der Waals surface area contributed by atoms with Crippen molar-refractivity contribution in [2.75, 3.05) is 0 Å². The van der Waals surface area contributed by atoms with Gasteiger partial charge in [-0.2, -0.15) is 0 Å². The Kier molecular flexibility index (Phi) is 4.95. The Hall–Kier alpha value is -1.04. The second-order valence-corrected chi connectivity index (χ2v) is 6.84. The van der Waals surface area contributed by atoms with E-state index in [1.165, 1.54) is 63.4 Å². The molecule has 0 unspecified atom stereocenters. The second kappa shape index (κ2) is 7.11. The summed E-state index contributed by atoms with van der Waals surface area (Å²) in [6, 6.07) is 10.7. The van der Waals surface area contributed by atoms with Crippen LogP contribution < -0.4 is 0 Å². The number of benzene rings is 1. The van der Waals surface area contributed by atoms with Gasteiger partial charge in [0.1, 0.15) is 0 Å². The van der Waals surface area contributed by atoms with Gasteiger partial charge in [-0.15, -0.1) is 0 Å². The lowest BCUT2D eigenvalue weighted by atomic mass is 9.71. The van der Waals surface area contributed by atoms with Crippen LogP contribution in [0.15, 0.2) is 36.4 Å². The molecular weight excluding hydrogens is 240 g/mol. The first-order valence-electron chi connectivity index (χ1n) is 8.65. The third-order valence-corrected chi connectivity index (χ3v) is 5.49. The molecule has 0 saturated heterocycles. The van der Waals surface area contributed by atoms with Crippen molar-refractivity contribution in [1.29, 1.82) is 0 Å². The van der Waals surface area contributed by atoms with Gasteiger partial charge in [0, 0.05) is 0 Å². The first-order valence-corrected chi connectivity index (χ1v) is 8.65. The first-order chi connectivity index (χ1) is 9.92. The van der Waals surface area contributed by atoms with Crippen LogP contribution >= 0.6 is 0 Å². The molecule has 20 heavy (non-hydrogen) atoms. The topological polar surface area (TPSA) is 0 Å². The van der Waals surface area contributed by atoms with E-state index in [2.05, 4.69) is 42.5 Å². The minimum atomic E-state index is 0.829.